The van der Waals surface area contributed by atoms with Crippen LogP contribution in [0, 0.1) is 25.5 Å². The molecule has 5 rings (SSSR count). The lowest BCUT2D eigenvalue weighted by Crippen LogP contribution is -2.37. The fourth-order valence-corrected chi connectivity index (χ4v) is 5.10. The molecule has 10 heteroatoms. The van der Waals surface area contributed by atoms with E-state index in [0.29, 0.717) is 30.4 Å². The van der Waals surface area contributed by atoms with Crippen molar-refractivity contribution in [1.29, 1.82) is 0 Å². The molecule has 0 fully saturated rings. The van der Waals surface area contributed by atoms with Crippen LogP contribution in [0.2, 0.25) is 0 Å². The Hall–Kier alpha value is -4.57. The van der Waals surface area contributed by atoms with Gasteiger partial charge in [0, 0.05) is 71.8 Å². The van der Waals surface area contributed by atoms with Crippen molar-refractivity contribution in [3.05, 3.63) is 101 Å². The summed E-state index contributed by atoms with van der Waals surface area (Å²) in [5.41, 5.74) is 5.20. The molecule has 1 atom stereocenters. The highest BCUT2D eigenvalue weighted by molar-refractivity contribution is 5.88. The second-order valence-electron chi connectivity index (χ2n) is 10.3. The molecule has 0 aliphatic carbocycles. The van der Waals surface area contributed by atoms with Gasteiger partial charge in [0.1, 0.15) is 24.0 Å². The van der Waals surface area contributed by atoms with Crippen molar-refractivity contribution in [2.24, 2.45) is 0 Å². The predicted molar refractivity (Wildman–Crippen MR) is 163 cm³/mol. The third-order valence-corrected chi connectivity index (χ3v) is 7.39. The van der Waals surface area contributed by atoms with Gasteiger partial charge in [-0.3, -0.25) is 4.98 Å². The maximum Gasteiger partial charge on any atom is 0.179 e. The molecule has 1 aliphatic rings. The molecule has 2 aromatic heterocycles. The second kappa shape index (κ2) is 13.2. The quantitative estimate of drug-likeness (QED) is 0.193. The molecular weight excluding hydrogens is 552 g/mol. The number of fused-ring (bicyclic) bond motifs is 1. The normalized spacial score (nSPS) is 14.3. The zero-order valence-corrected chi connectivity index (χ0v) is 24.9. The van der Waals surface area contributed by atoms with Crippen molar-refractivity contribution in [1.82, 2.24) is 15.0 Å². The van der Waals surface area contributed by atoms with Crippen LogP contribution >= 0.6 is 0 Å². The third-order valence-electron chi connectivity index (χ3n) is 7.39. The molecule has 43 heavy (non-hydrogen) atoms. The van der Waals surface area contributed by atoms with Gasteiger partial charge in [0.2, 0.25) is 0 Å². The summed E-state index contributed by atoms with van der Waals surface area (Å²) in [7, 11) is 3.11. The molecular formula is C33H35F2N5O3. The first kappa shape index (κ1) is 29.9. The lowest BCUT2D eigenvalue weighted by Gasteiger charge is -2.37. The third kappa shape index (κ3) is 6.44. The molecule has 1 unspecified atom stereocenters. The van der Waals surface area contributed by atoms with E-state index < -0.39 is 11.6 Å². The summed E-state index contributed by atoms with van der Waals surface area (Å²) in [6.07, 6.45) is 6.20. The van der Waals surface area contributed by atoms with Gasteiger partial charge in [-0.05, 0) is 38.0 Å². The Balaban J connectivity index is 1.50. The van der Waals surface area contributed by atoms with Gasteiger partial charge in [0.05, 0.1) is 19.9 Å². The summed E-state index contributed by atoms with van der Waals surface area (Å²) in [6, 6.07) is 12.0. The molecule has 0 amide bonds. The monoisotopic (exact) mass is 587 g/mol. The number of anilines is 3. The molecule has 3 heterocycles. The standard InChI is InChI=1S/C33H35F2N5O3/c1-6-22-14-25(32-37-18-31(42-5)33(39-32)38-29-13-21(3)36-17-20(29)2)24-9-7-8-10-30(24)40(22)19-26-27(34)15-23(16-28(26)35)43-12-11-41-4/h7-10,13-18,22H,6,11-12,19H2,1-5H3,(H,36,37,38,39). The van der Waals surface area contributed by atoms with Crippen molar-refractivity contribution in [3.63, 3.8) is 0 Å². The Morgan fingerprint density at radius 3 is 2.47 bits per heavy atom. The number of aromatic nitrogens is 3. The minimum atomic E-state index is -0.662. The Bertz CT molecular complexity index is 1620. The van der Waals surface area contributed by atoms with E-state index in [-0.39, 0.29) is 30.5 Å². The van der Waals surface area contributed by atoms with Crippen molar-refractivity contribution >= 4 is 22.8 Å². The smallest absolute Gasteiger partial charge is 0.179 e. The van der Waals surface area contributed by atoms with Gasteiger partial charge in [0.25, 0.3) is 0 Å². The summed E-state index contributed by atoms with van der Waals surface area (Å²) in [6.45, 7) is 6.49. The van der Waals surface area contributed by atoms with E-state index in [4.69, 9.17) is 19.2 Å². The molecule has 1 aliphatic heterocycles. The van der Waals surface area contributed by atoms with Crippen LogP contribution in [-0.2, 0) is 11.3 Å². The molecule has 4 aromatic rings. The Kier molecular flexibility index (Phi) is 9.16. The topological polar surface area (TPSA) is 81.6 Å². The zero-order valence-electron chi connectivity index (χ0n) is 24.9. The Morgan fingerprint density at radius 1 is 0.977 bits per heavy atom. The fraction of sp³-hybridized carbons (Fsp3) is 0.303. The van der Waals surface area contributed by atoms with Crippen molar-refractivity contribution in [3.8, 4) is 11.5 Å². The number of hydrogen-bond acceptors (Lipinski definition) is 8. The highest BCUT2D eigenvalue weighted by Gasteiger charge is 2.29. The zero-order chi connectivity index (χ0) is 30.5. The van der Waals surface area contributed by atoms with Gasteiger partial charge < -0.3 is 24.4 Å². The predicted octanol–water partition coefficient (Wildman–Crippen LogP) is 6.77. The van der Waals surface area contributed by atoms with Crippen LogP contribution in [0.4, 0.5) is 26.0 Å². The minimum Gasteiger partial charge on any atom is -0.491 e. The SMILES string of the molecule is CCC1C=C(c2ncc(OC)c(Nc3cc(C)ncc3C)n2)c2ccccc2N1Cc1c(F)cc(OCCOC)cc1F. The molecule has 1 N–H and O–H groups in total. The van der Waals surface area contributed by atoms with Crippen LogP contribution in [0.1, 0.15) is 41.6 Å². The van der Waals surface area contributed by atoms with E-state index in [0.717, 1.165) is 33.8 Å². The number of rotatable bonds is 11. The summed E-state index contributed by atoms with van der Waals surface area (Å²) in [5.74, 6) is 0.328. The maximum atomic E-state index is 15.2. The van der Waals surface area contributed by atoms with Crippen molar-refractivity contribution in [2.45, 2.75) is 39.8 Å². The van der Waals surface area contributed by atoms with Gasteiger partial charge in [-0.2, -0.15) is 0 Å². The van der Waals surface area contributed by atoms with Crippen LogP contribution in [0.3, 0.4) is 0 Å². The van der Waals surface area contributed by atoms with Crippen LogP contribution in [-0.4, -0.2) is 48.4 Å². The Morgan fingerprint density at radius 2 is 1.74 bits per heavy atom. The fourth-order valence-electron chi connectivity index (χ4n) is 5.10. The van der Waals surface area contributed by atoms with Crippen LogP contribution in [0.15, 0.2) is 60.9 Å². The highest BCUT2D eigenvalue weighted by atomic mass is 19.1. The molecule has 0 saturated heterocycles. The van der Waals surface area contributed by atoms with Crippen LogP contribution < -0.4 is 19.7 Å². The largest absolute Gasteiger partial charge is 0.491 e. The van der Waals surface area contributed by atoms with Gasteiger partial charge in [-0.25, -0.2) is 18.7 Å². The Labute approximate surface area is 250 Å². The highest BCUT2D eigenvalue weighted by Crippen LogP contribution is 2.40. The van der Waals surface area contributed by atoms with Crippen molar-refractivity contribution in [2.75, 3.05) is 37.7 Å². The van der Waals surface area contributed by atoms with E-state index in [1.807, 2.05) is 56.0 Å². The number of halogens is 2. The number of methoxy groups -OCH3 is 2. The van der Waals surface area contributed by atoms with E-state index in [2.05, 4.69) is 21.4 Å². The molecule has 0 saturated carbocycles. The minimum absolute atomic E-state index is 0.0283. The number of ether oxygens (including phenoxy) is 3. The molecule has 2 aromatic carbocycles. The molecule has 0 bridgehead atoms. The molecule has 8 nitrogen and oxygen atoms in total. The van der Waals surface area contributed by atoms with Gasteiger partial charge in [-0.15, -0.1) is 0 Å². The van der Waals surface area contributed by atoms with E-state index in [1.165, 1.54) is 19.2 Å². The lowest BCUT2D eigenvalue weighted by atomic mass is 9.92. The van der Waals surface area contributed by atoms with E-state index in [1.54, 1.807) is 19.5 Å². The molecule has 0 spiro atoms. The van der Waals surface area contributed by atoms with Crippen molar-refractivity contribution < 1.29 is 23.0 Å². The number of pyridine rings is 1. The summed E-state index contributed by atoms with van der Waals surface area (Å²) >= 11 is 0. The number of benzene rings is 2. The number of aryl methyl sites for hydroxylation is 2. The second-order valence-corrected chi connectivity index (χ2v) is 10.3. The number of para-hydroxylation sites is 1. The summed E-state index contributed by atoms with van der Waals surface area (Å²) < 4.78 is 46.4. The molecule has 224 valence electrons. The van der Waals surface area contributed by atoms with Gasteiger partial charge in [0.15, 0.2) is 17.4 Å². The molecule has 0 radical (unpaired) electrons. The first-order valence-corrected chi connectivity index (χ1v) is 14.1. The first-order valence-electron chi connectivity index (χ1n) is 14.1. The lowest BCUT2D eigenvalue weighted by molar-refractivity contribution is 0.146. The number of hydrogen-bond donors (Lipinski definition) is 1. The van der Waals surface area contributed by atoms with Crippen LogP contribution in [0.5, 0.6) is 11.5 Å². The summed E-state index contributed by atoms with van der Waals surface area (Å²) in [4.78, 5) is 15.9. The number of nitrogens with one attached hydrogen (secondary N) is 1. The maximum absolute atomic E-state index is 15.2. The van der Waals surface area contributed by atoms with Crippen LogP contribution in [0.25, 0.3) is 5.57 Å². The average molecular weight is 588 g/mol. The first-order chi connectivity index (χ1) is 20.8. The number of nitrogens with zero attached hydrogens (tertiary/aromatic N) is 4. The van der Waals surface area contributed by atoms with E-state index in [9.17, 15) is 0 Å². The van der Waals surface area contributed by atoms with E-state index >= 15 is 8.78 Å². The average Bonchev–Trinajstić information content (AvgIpc) is 3.00. The summed E-state index contributed by atoms with van der Waals surface area (Å²) in [5, 5.41) is 3.38. The van der Waals surface area contributed by atoms with Gasteiger partial charge >= 0.3 is 0 Å². The van der Waals surface area contributed by atoms with Gasteiger partial charge in [-0.1, -0.05) is 31.2 Å².